The number of esters is 1. The predicted molar refractivity (Wildman–Crippen MR) is 87.6 cm³/mol. The number of halogens is 1. The predicted octanol–water partition coefficient (Wildman–Crippen LogP) is 2.87. The summed E-state index contributed by atoms with van der Waals surface area (Å²) in [6.45, 7) is 4.33. The van der Waals surface area contributed by atoms with E-state index in [1.54, 1.807) is 18.2 Å². The Balaban J connectivity index is 1.94. The van der Waals surface area contributed by atoms with E-state index >= 15 is 0 Å². The van der Waals surface area contributed by atoms with Crippen LogP contribution in [0.5, 0.6) is 0 Å². The topological polar surface area (TPSA) is 46.6 Å². The van der Waals surface area contributed by atoms with E-state index in [0.29, 0.717) is 13.0 Å². The van der Waals surface area contributed by atoms with Gasteiger partial charge in [-0.05, 0) is 37.0 Å². The van der Waals surface area contributed by atoms with Gasteiger partial charge in [-0.25, -0.2) is 4.39 Å². The van der Waals surface area contributed by atoms with Crippen LogP contribution in [0, 0.1) is 11.2 Å². The molecule has 2 saturated heterocycles. The highest BCUT2D eigenvalue weighted by Gasteiger charge is 2.60. The lowest BCUT2D eigenvalue weighted by Crippen LogP contribution is -2.60. The van der Waals surface area contributed by atoms with Crippen LogP contribution in [-0.2, 0) is 20.9 Å². The van der Waals surface area contributed by atoms with Crippen LogP contribution in [0.4, 0.5) is 4.39 Å². The number of carbonyl (C=O) groups excluding carboxylic acids is 2. The highest BCUT2D eigenvalue weighted by Crippen LogP contribution is 2.48. The third kappa shape index (κ3) is 2.57. The van der Waals surface area contributed by atoms with Gasteiger partial charge in [-0.1, -0.05) is 18.2 Å². The van der Waals surface area contributed by atoms with Gasteiger partial charge in [0, 0.05) is 25.0 Å². The molecular formula is C19H22FNO3. The zero-order valence-corrected chi connectivity index (χ0v) is 13.8. The molecule has 1 aromatic rings. The number of hydrogen-bond acceptors (Lipinski definition) is 4. The summed E-state index contributed by atoms with van der Waals surface area (Å²) in [5.41, 5.74) is -0.191. The summed E-state index contributed by atoms with van der Waals surface area (Å²) < 4.78 is 18.1. The summed E-state index contributed by atoms with van der Waals surface area (Å²) in [5, 5.41) is 0. The van der Waals surface area contributed by atoms with E-state index in [-0.39, 0.29) is 30.1 Å². The Hall–Kier alpha value is -2.01. The second kappa shape index (κ2) is 6.48. The molecule has 0 aliphatic carbocycles. The number of carbonyl (C=O) groups is 2. The molecule has 3 rings (SSSR count). The highest BCUT2D eigenvalue weighted by molar-refractivity contribution is 6.06. The Labute approximate surface area is 141 Å². The number of ether oxygens (including phenoxy) is 1. The van der Waals surface area contributed by atoms with Crippen molar-refractivity contribution < 1.29 is 18.7 Å². The zero-order valence-electron chi connectivity index (χ0n) is 13.8. The van der Waals surface area contributed by atoms with Gasteiger partial charge >= 0.3 is 5.97 Å². The van der Waals surface area contributed by atoms with Crippen molar-refractivity contribution in [1.29, 1.82) is 0 Å². The fraction of sp³-hybridized carbons (Fsp3) is 0.474. The molecule has 0 unspecified atom stereocenters. The van der Waals surface area contributed by atoms with Gasteiger partial charge in [0.05, 0.1) is 7.11 Å². The first-order chi connectivity index (χ1) is 11.5. The zero-order chi connectivity index (χ0) is 17.3. The van der Waals surface area contributed by atoms with Crippen LogP contribution in [0.15, 0.2) is 36.9 Å². The first-order valence-electron chi connectivity index (χ1n) is 8.25. The number of benzene rings is 1. The summed E-state index contributed by atoms with van der Waals surface area (Å²) in [6, 6.07) is 6.30. The largest absolute Gasteiger partial charge is 0.468 e. The molecule has 0 amide bonds. The van der Waals surface area contributed by atoms with Crippen molar-refractivity contribution in [2.75, 3.05) is 7.11 Å². The van der Waals surface area contributed by atoms with Crippen molar-refractivity contribution in [1.82, 2.24) is 4.90 Å². The Morgan fingerprint density at radius 2 is 2.12 bits per heavy atom. The van der Waals surface area contributed by atoms with Crippen molar-refractivity contribution in [2.45, 2.75) is 44.3 Å². The van der Waals surface area contributed by atoms with Crippen LogP contribution in [0.1, 0.15) is 31.2 Å². The van der Waals surface area contributed by atoms with Crippen LogP contribution in [0.2, 0.25) is 0 Å². The number of piperidine rings is 1. The molecular weight excluding hydrogens is 309 g/mol. The first kappa shape index (κ1) is 16.8. The maximum absolute atomic E-state index is 13.1. The molecule has 4 nitrogen and oxygen atoms in total. The minimum absolute atomic E-state index is 0.0443. The van der Waals surface area contributed by atoms with Crippen LogP contribution >= 0.6 is 0 Å². The number of hydrogen-bond donors (Lipinski definition) is 0. The monoisotopic (exact) mass is 331 g/mol. The van der Waals surface area contributed by atoms with Gasteiger partial charge in [0.2, 0.25) is 0 Å². The van der Waals surface area contributed by atoms with E-state index in [1.165, 1.54) is 19.2 Å². The third-order valence-electron chi connectivity index (χ3n) is 5.42. The summed E-state index contributed by atoms with van der Waals surface area (Å²) in [7, 11) is 1.33. The average Bonchev–Trinajstić information content (AvgIpc) is 2.89. The Morgan fingerprint density at radius 1 is 1.42 bits per heavy atom. The molecule has 5 heteroatoms. The number of methoxy groups -OCH3 is 1. The second-order valence-electron chi connectivity index (χ2n) is 6.63. The van der Waals surface area contributed by atoms with Crippen molar-refractivity contribution in [3.8, 4) is 0 Å². The molecule has 0 aromatic heterocycles. The van der Waals surface area contributed by atoms with Crippen molar-refractivity contribution in [2.24, 2.45) is 5.41 Å². The molecule has 0 saturated carbocycles. The molecule has 2 aliphatic rings. The molecule has 2 heterocycles. The Kier molecular flexibility index (Phi) is 4.54. The SMILES string of the molecule is C=CC[C@@]1(C(=O)OC)C(=O)C[C@H]2CC[C@@H]1N2Cc1ccc(F)cc1. The number of nitrogens with zero attached hydrogens (tertiary/aromatic N) is 1. The minimum atomic E-state index is -1.16. The summed E-state index contributed by atoms with van der Waals surface area (Å²) >= 11 is 0. The van der Waals surface area contributed by atoms with Crippen LogP contribution in [0.25, 0.3) is 0 Å². The van der Waals surface area contributed by atoms with Crippen LogP contribution in [0.3, 0.4) is 0 Å². The second-order valence-corrected chi connectivity index (χ2v) is 6.63. The number of fused-ring (bicyclic) bond motifs is 2. The Morgan fingerprint density at radius 3 is 2.75 bits per heavy atom. The Bertz CT molecular complexity index is 657. The molecule has 0 radical (unpaired) electrons. The van der Waals surface area contributed by atoms with Gasteiger partial charge in [-0.2, -0.15) is 0 Å². The van der Waals surface area contributed by atoms with E-state index in [9.17, 15) is 14.0 Å². The van der Waals surface area contributed by atoms with Crippen molar-refractivity contribution in [3.05, 3.63) is 48.3 Å². The third-order valence-corrected chi connectivity index (χ3v) is 5.42. The number of allylic oxidation sites excluding steroid dienone is 1. The van der Waals surface area contributed by atoms with E-state index in [1.807, 2.05) is 0 Å². The molecule has 2 aliphatic heterocycles. The minimum Gasteiger partial charge on any atom is -0.468 e. The van der Waals surface area contributed by atoms with E-state index in [2.05, 4.69) is 11.5 Å². The lowest BCUT2D eigenvalue weighted by atomic mass is 9.70. The lowest BCUT2D eigenvalue weighted by molar-refractivity contribution is -0.166. The molecule has 2 bridgehead atoms. The van der Waals surface area contributed by atoms with E-state index in [0.717, 1.165) is 18.4 Å². The molecule has 3 atom stereocenters. The quantitative estimate of drug-likeness (QED) is 0.473. The van der Waals surface area contributed by atoms with Gasteiger partial charge in [-0.3, -0.25) is 14.5 Å². The first-order valence-corrected chi connectivity index (χ1v) is 8.25. The summed E-state index contributed by atoms with van der Waals surface area (Å²) in [6.07, 6.45) is 3.92. The number of rotatable bonds is 5. The molecule has 1 aromatic carbocycles. The van der Waals surface area contributed by atoms with E-state index in [4.69, 9.17) is 4.74 Å². The van der Waals surface area contributed by atoms with Gasteiger partial charge in [0.25, 0.3) is 0 Å². The molecule has 2 fully saturated rings. The molecule has 128 valence electrons. The summed E-state index contributed by atoms with van der Waals surface area (Å²) in [4.78, 5) is 27.6. The molecule has 24 heavy (non-hydrogen) atoms. The van der Waals surface area contributed by atoms with E-state index < -0.39 is 11.4 Å². The standard InChI is InChI=1S/C19H22FNO3/c1-3-10-19(18(23)24-2)16-9-8-15(11-17(19)22)21(16)12-13-4-6-14(20)7-5-13/h3-7,15-16H,1,8-12H2,2H3/t15-,16+,19+/m1/s1. The van der Waals surface area contributed by atoms with Gasteiger partial charge < -0.3 is 4.74 Å². The maximum Gasteiger partial charge on any atom is 0.321 e. The normalized spacial score (nSPS) is 29.5. The summed E-state index contributed by atoms with van der Waals surface area (Å²) in [5.74, 6) is -0.787. The highest BCUT2D eigenvalue weighted by atomic mass is 19.1. The number of ketones is 1. The maximum atomic E-state index is 13.1. The average molecular weight is 331 g/mol. The fourth-order valence-electron chi connectivity index (χ4n) is 4.30. The lowest BCUT2D eigenvalue weighted by Gasteiger charge is -2.45. The van der Waals surface area contributed by atoms with Crippen molar-refractivity contribution in [3.63, 3.8) is 0 Å². The fourth-order valence-corrected chi connectivity index (χ4v) is 4.30. The molecule has 0 spiro atoms. The van der Waals surface area contributed by atoms with Crippen molar-refractivity contribution >= 4 is 11.8 Å². The molecule has 0 N–H and O–H groups in total. The van der Waals surface area contributed by atoms with Gasteiger partial charge in [0.15, 0.2) is 5.78 Å². The number of Topliss-reactive ketones (excluding diaryl/α,β-unsaturated/α-hetero) is 1. The van der Waals surface area contributed by atoms with Gasteiger partial charge in [-0.15, -0.1) is 6.58 Å². The van der Waals surface area contributed by atoms with Gasteiger partial charge in [0.1, 0.15) is 11.2 Å². The smallest absolute Gasteiger partial charge is 0.321 e. The van der Waals surface area contributed by atoms with Crippen LogP contribution in [-0.4, -0.2) is 35.8 Å². The van der Waals surface area contributed by atoms with Crippen LogP contribution < -0.4 is 0 Å².